The second kappa shape index (κ2) is 15.7. The van der Waals surface area contributed by atoms with Crippen LogP contribution in [0.4, 0.5) is 5.69 Å². The first kappa shape index (κ1) is 32.4. The summed E-state index contributed by atoms with van der Waals surface area (Å²) >= 11 is 4.02. The summed E-state index contributed by atoms with van der Waals surface area (Å²) in [4.78, 5) is 42.8. The van der Waals surface area contributed by atoms with Gasteiger partial charge in [0.2, 0.25) is 0 Å². The number of halogens is 2. The van der Waals surface area contributed by atoms with Crippen molar-refractivity contribution in [3.63, 3.8) is 0 Å². The number of ether oxygens (including phenoxy) is 2. The molecule has 0 fully saturated rings. The number of rotatable bonds is 11. The first-order chi connectivity index (χ1) is 18.0. The summed E-state index contributed by atoms with van der Waals surface area (Å²) in [6.07, 6.45) is 6.80. The van der Waals surface area contributed by atoms with Gasteiger partial charge >= 0.3 is 145 Å². The number of benzene rings is 1. The SMILES string of the molecule is CCCC(C)OC(=O)[CH2][Sn]([Br])([Br])[CH2]C(=O)OC(C)CCC.O=[N+]([O-])c1cc2cccnc2c2ncccc12. The van der Waals surface area contributed by atoms with E-state index in [2.05, 4.69) is 49.2 Å². The van der Waals surface area contributed by atoms with Crippen molar-refractivity contribution in [2.75, 3.05) is 0 Å². The van der Waals surface area contributed by atoms with Crippen LogP contribution >= 0.6 is 25.4 Å². The first-order valence-electron chi connectivity index (χ1n) is 12.5. The van der Waals surface area contributed by atoms with Crippen LogP contribution in [0.5, 0.6) is 0 Å². The number of nitro groups is 1. The fourth-order valence-corrected chi connectivity index (χ4v) is 13.2. The molecule has 0 N–H and O–H groups in total. The van der Waals surface area contributed by atoms with E-state index in [9.17, 15) is 19.7 Å². The Hall–Kier alpha value is -1.86. The molecule has 2 aromatic heterocycles. The Labute approximate surface area is 238 Å². The van der Waals surface area contributed by atoms with Crippen LogP contribution in [-0.4, -0.2) is 53.0 Å². The van der Waals surface area contributed by atoms with Crippen LogP contribution in [0.15, 0.2) is 42.7 Å². The fraction of sp³-hybridized carbons (Fsp3) is 0.462. The van der Waals surface area contributed by atoms with Gasteiger partial charge in [-0.3, -0.25) is 20.1 Å². The van der Waals surface area contributed by atoms with Gasteiger partial charge in [0.05, 0.1) is 15.8 Å². The van der Waals surface area contributed by atoms with Crippen LogP contribution in [-0.2, 0) is 19.1 Å². The summed E-state index contributed by atoms with van der Waals surface area (Å²) in [5, 5.41) is 12.3. The third-order valence-electron chi connectivity index (χ3n) is 5.50. The molecule has 1 aromatic carbocycles. The Balaban J connectivity index is 0.000000271. The van der Waals surface area contributed by atoms with Crippen LogP contribution in [0.25, 0.3) is 21.8 Å². The average molecular weight is 762 g/mol. The van der Waals surface area contributed by atoms with E-state index in [1.54, 1.807) is 36.7 Å². The van der Waals surface area contributed by atoms with Gasteiger partial charge in [-0.25, -0.2) is 0 Å². The van der Waals surface area contributed by atoms with Crippen molar-refractivity contribution in [2.24, 2.45) is 0 Å². The molecule has 0 aliphatic heterocycles. The average Bonchev–Trinajstić information content (AvgIpc) is 2.83. The van der Waals surface area contributed by atoms with Gasteiger partial charge in [0.25, 0.3) is 5.69 Å². The summed E-state index contributed by atoms with van der Waals surface area (Å²) in [5.41, 5.74) is 1.32. The van der Waals surface area contributed by atoms with E-state index in [1.807, 2.05) is 13.8 Å². The number of pyridine rings is 2. The van der Waals surface area contributed by atoms with Crippen molar-refractivity contribution in [1.82, 2.24) is 9.97 Å². The number of fused-ring (bicyclic) bond motifs is 3. The second-order valence-corrected chi connectivity index (χ2v) is 43.4. The van der Waals surface area contributed by atoms with Gasteiger partial charge in [0.1, 0.15) is 5.52 Å². The molecule has 38 heavy (non-hydrogen) atoms. The van der Waals surface area contributed by atoms with E-state index in [1.165, 1.54) is 6.07 Å². The minimum Gasteiger partial charge on any atom is -0.258 e. The minimum absolute atomic E-state index is 0.0635. The smallest absolute Gasteiger partial charge is 0.258 e. The number of carbonyl (C=O) groups is 2. The molecule has 206 valence electrons. The Bertz CT molecular complexity index is 1230. The first-order valence-corrected chi connectivity index (χ1v) is 29.3. The molecule has 0 aliphatic rings. The Morgan fingerprint density at radius 1 is 0.947 bits per heavy atom. The number of hydrogen-bond acceptors (Lipinski definition) is 8. The molecule has 0 saturated heterocycles. The van der Waals surface area contributed by atoms with Crippen molar-refractivity contribution in [3.8, 4) is 0 Å². The van der Waals surface area contributed by atoms with Crippen molar-refractivity contribution in [1.29, 1.82) is 0 Å². The van der Waals surface area contributed by atoms with Crippen LogP contribution in [0.1, 0.15) is 53.4 Å². The molecule has 9 nitrogen and oxygen atoms in total. The van der Waals surface area contributed by atoms with Crippen molar-refractivity contribution >= 4 is 78.8 Å². The van der Waals surface area contributed by atoms with E-state index in [0.717, 1.165) is 31.1 Å². The molecule has 0 saturated carbocycles. The molecule has 0 aliphatic carbocycles. The van der Waals surface area contributed by atoms with Gasteiger partial charge in [-0.05, 0) is 18.2 Å². The Morgan fingerprint density at radius 3 is 1.95 bits per heavy atom. The largest absolute Gasteiger partial charge is 0.279 e. The number of hydrogen-bond donors (Lipinski definition) is 0. The van der Waals surface area contributed by atoms with Crippen molar-refractivity contribution < 1.29 is 24.0 Å². The van der Waals surface area contributed by atoms with Gasteiger partial charge in [-0.15, -0.1) is 0 Å². The minimum atomic E-state index is -3.11. The zero-order valence-corrected chi connectivity index (χ0v) is 28.0. The molecule has 0 spiro atoms. The third kappa shape index (κ3) is 10.4. The summed E-state index contributed by atoms with van der Waals surface area (Å²) in [6.45, 7) is 7.89. The predicted molar refractivity (Wildman–Crippen MR) is 158 cm³/mol. The van der Waals surface area contributed by atoms with E-state index in [4.69, 9.17) is 9.47 Å². The fourth-order valence-electron chi connectivity index (χ4n) is 3.86. The molecule has 2 atom stereocenters. The van der Waals surface area contributed by atoms with E-state index >= 15 is 0 Å². The van der Waals surface area contributed by atoms with Gasteiger partial charge in [-0.2, -0.15) is 0 Å². The Morgan fingerprint density at radius 2 is 1.45 bits per heavy atom. The van der Waals surface area contributed by atoms with Crippen LogP contribution in [0.2, 0.25) is 8.87 Å². The summed E-state index contributed by atoms with van der Waals surface area (Å²) in [5.74, 6) is -0.482. The molecule has 0 radical (unpaired) electrons. The number of nitrogens with zero attached hydrogens (tertiary/aromatic N) is 3. The molecular formula is C26H33Br2N3O6Sn. The molecule has 3 aromatic rings. The zero-order valence-electron chi connectivity index (χ0n) is 22.0. The molecule has 3 rings (SSSR count). The predicted octanol–water partition coefficient (Wildman–Crippen LogP) is 7.37. The maximum atomic E-state index is 11.9. The van der Waals surface area contributed by atoms with E-state index in [-0.39, 0.29) is 38.7 Å². The number of aromatic nitrogens is 2. The van der Waals surface area contributed by atoms with Gasteiger partial charge in [-0.1, -0.05) is 6.07 Å². The van der Waals surface area contributed by atoms with E-state index < -0.39 is 18.9 Å². The maximum Gasteiger partial charge on any atom is 0.279 e. The van der Waals surface area contributed by atoms with Crippen LogP contribution in [0.3, 0.4) is 0 Å². The maximum absolute atomic E-state index is 11.9. The van der Waals surface area contributed by atoms with Crippen molar-refractivity contribution in [2.45, 2.75) is 74.5 Å². The molecule has 12 heteroatoms. The van der Waals surface area contributed by atoms with Crippen molar-refractivity contribution in [3.05, 3.63) is 52.8 Å². The number of non-ortho nitro benzene ring substituents is 1. The molecular weight excluding hydrogens is 729 g/mol. The number of nitro benzene ring substituents is 1. The third-order valence-corrected chi connectivity index (χ3v) is 17.6. The molecule has 2 unspecified atom stereocenters. The normalized spacial score (nSPS) is 12.8. The monoisotopic (exact) mass is 761 g/mol. The molecule has 0 bridgehead atoms. The second-order valence-electron chi connectivity index (χ2n) is 9.02. The number of esters is 2. The van der Waals surface area contributed by atoms with Crippen LogP contribution in [0, 0.1) is 10.1 Å². The zero-order chi connectivity index (χ0) is 28.3. The van der Waals surface area contributed by atoms with Crippen LogP contribution < -0.4 is 0 Å². The quantitative estimate of drug-likeness (QED) is 0.0653. The standard InChI is InChI=1S/C12H7N3O2.2C7H13O2.2BrH.Sn/c16-15(17)10-7-8-3-1-5-13-11(8)12-9(10)4-2-6-14-12;2*1-4-5-6(2)9-7(3)8;;;/h1-7H;2*6H,3-5H2,1-2H3;2*1H;/q;;;;;+2/p-2. The summed E-state index contributed by atoms with van der Waals surface area (Å²) < 4.78 is 11.2. The van der Waals surface area contributed by atoms with Gasteiger partial charge < -0.3 is 0 Å². The molecule has 2 heterocycles. The summed E-state index contributed by atoms with van der Waals surface area (Å²) in [7, 11) is 0. The van der Waals surface area contributed by atoms with E-state index in [0.29, 0.717) is 16.4 Å². The Kier molecular flexibility index (Phi) is 13.3. The van der Waals surface area contributed by atoms with Gasteiger partial charge in [0, 0.05) is 23.8 Å². The summed E-state index contributed by atoms with van der Waals surface area (Å²) in [6, 6.07) is 8.45. The topological polar surface area (TPSA) is 122 Å². The van der Waals surface area contributed by atoms with Gasteiger partial charge in [0.15, 0.2) is 0 Å². The number of carbonyl (C=O) groups excluding carboxylic acids is 2. The molecule has 0 amide bonds.